The average Bonchev–Trinajstić information content (AvgIpc) is 2.84. The van der Waals surface area contributed by atoms with Gasteiger partial charge in [0.15, 0.2) is 12.2 Å². The number of carbonyl (C=O) groups excluding carboxylic acids is 4. The van der Waals surface area contributed by atoms with E-state index < -0.39 is 97.5 Å². The molecule has 0 amide bonds. The Balaban J connectivity index is 5.22. The standard InChI is InChI=1S/C74H144O17P2/c1-7-9-11-13-15-17-18-28-34-40-46-52-58-73(78)90-69(62-84-71(76)56-50-44-38-16-14-12-10-8-2)64-88-92(80,81)86-60-68(75)61-87-93(82,83)89-65-70(63-85-72(77)57-51-45-39-33-29-25-21-23-27-32-37-43-49-55-67(5)6)91-74(79)59-53-47-41-35-30-24-20-19-22-26-31-36-42-48-54-66(3)4/h66-70,75H,7-65H2,1-6H3,(H,80,81)(H,82,83)/t68-,69+,70+/m0/s1. The molecule has 0 aliphatic rings. The minimum absolute atomic E-state index is 0.107. The largest absolute Gasteiger partial charge is 0.472 e. The highest BCUT2D eigenvalue weighted by Gasteiger charge is 2.30. The summed E-state index contributed by atoms with van der Waals surface area (Å²) < 4.78 is 68.4. The van der Waals surface area contributed by atoms with Gasteiger partial charge in [-0.1, -0.05) is 330 Å². The van der Waals surface area contributed by atoms with Gasteiger partial charge in [0, 0.05) is 25.7 Å². The number of hydrogen-bond acceptors (Lipinski definition) is 15. The second-order valence-corrected chi connectivity index (χ2v) is 30.5. The van der Waals surface area contributed by atoms with Crippen LogP contribution in [0.25, 0.3) is 0 Å². The Morgan fingerprint density at radius 2 is 0.495 bits per heavy atom. The lowest BCUT2D eigenvalue weighted by atomic mass is 10.0. The Morgan fingerprint density at radius 3 is 0.731 bits per heavy atom. The van der Waals surface area contributed by atoms with E-state index in [0.717, 1.165) is 108 Å². The van der Waals surface area contributed by atoms with Crippen molar-refractivity contribution in [3.63, 3.8) is 0 Å². The predicted molar refractivity (Wildman–Crippen MR) is 377 cm³/mol. The number of aliphatic hydroxyl groups excluding tert-OH is 1. The zero-order valence-corrected chi connectivity index (χ0v) is 62.3. The summed E-state index contributed by atoms with van der Waals surface area (Å²) in [5.41, 5.74) is 0. The molecule has 0 aliphatic carbocycles. The number of rotatable bonds is 73. The van der Waals surface area contributed by atoms with Crippen LogP contribution in [0.1, 0.15) is 382 Å². The van der Waals surface area contributed by atoms with E-state index in [1.54, 1.807) is 0 Å². The van der Waals surface area contributed by atoms with E-state index in [0.29, 0.717) is 25.7 Å². The van der Waals surface area contributed by atoms with E-state index in [1.807, 2.05) is 0 Å². The summed E-state index contributed by atoms with van der Waals surface area (Å²) in [6.07, 6.45) is 52.7. The molecule has 0 aromatic carbocycles. The lowest BCUT2D eigenvalue weighted by Crippen LogP contribution is -2.30. The topological polar surface area (TPSA) is 237 Å². The summed E-state index contributed by atoms with van der Waals surface area (Å²) in [6, 6.07) is 0. The first-order chi connectivity index (χ1) is 44.9. The van der Waals surface area contributed by atoms with Crippen molar-refractivity contribution < 1.29 is 80.2 Å². The highest BCUT2D eigenvalue weighted by molar-refractivity contribution is 7.47. The highest BCUT2D eigenvalue weighted by atomic mass is 31.2. The Morgan fingerprint density at radius 1 is 0.290 bits per heavy atom. The maximum absolute atomic E-state index is 13.1. The van der Waals surface area contributed by atoms with Gasteiger partial charge in [-0.05, 0) is 37.5 Å². The molecule has 0 fully saturated rings. The first-order valence-electron chi connectivity index (χ1n) is 38.5. The van der Waals surface area contributed by atoms with Crippen LogP contribution in [0.2, 0.25) is 0 Å². The maximum Gasteiger partial charge on any atom is 0.472 e. The van der Waals surface area contributed by atoms with Crippen LogP contribution in [0.5, 0.6) is 0 Å². The van der Waals surface area contributed by atoms with Crippen LogP contribution >= 0.6 is 15.6 Å². The van der Waals surface area contributed by atoms with Crippen molar-refractivity contribution in [2.24, 2.45) is 11.8 Å². The molecule has 0 rings (SSSR count). The summed E-state index contributed by atoms with van der Waals surface area (Å²) in [7, 11) is -9.90. The van der Waals surface area contributed by atoms with Gasteiger partial charge in [0.2, 0.25) is 0 Å². The van der Waals surface area contributed by atoms with E-state index in [4.69, 9.17) is 37.0 Å². The maximum atomic E-state index is 13.1. The molecule has 0 saturated heterocycles. The fraction of sp³-hybridized carbons (Fsp3) is 0.946. The first kappa shape index (κ1) is 91.1. The molecule has 0 aromatic rings. The van der Waals surface area contributed by atoms with E-state index in [9.17, 15) is 43.2 Å². The van der Waals surface area contributed by atoms with Crippen LogP contribution in [-0.4, -0.2) is 96.7 Å². The van der Waals surface area contributed by atoms with Gasteiger partial charge < -0.3 is 33.8 Å². The van der Waals surface area contributed by atoms with Crippen LogP contribution in [-0.2, 0) is 65.4 Å². The second kappa shape index (κ2) is 66.0. The predicted octanol–water partition coefficient (Wildman–Crippen LogP) is 21.6. The van der Waals surface area contributed by atoms with Crippen LogP contribution in [0.4, 0.5) is 0 Å². The number of phosphoric ester groups is 2. The zero-order chi connectivity index (χ0) is 68.6. The van der Waals surface area contributed by atoms with Crippen molar-refractivity contribution in [3.8, 4) is 0 Å². The number of unbranched alkanes of at least 4 members (excludes halogenated alkanes) is 43. The van der Waals surface area contributed by atoms with E-state index >= 15 is 0 Å². The quantitative estimate of drug-likeness (QED) is 0.0222. The van der Waals surface area contributed by atoms with Gasteiger partial charge in [0.25, 0.3) is 0 Å². The molecule has 552 valence electrons. The van der Waals surface area contributed by atoms with Crippen LogP contribution in [0.15, 0.2) is 0 Å². The van der Waals surface area contributed by atoms with Crippen molar-refractivity contribution in [1.82, 2.24) is 0 Å². The zero-order valence-electron chi connectivity index (χ0n) is 60.6. The second-order valence-electron chi connectivity index (χ2n) is 27.6. The third-order valence-corrected chi connectivity index (χ3v) is 19.1. The van der Waals surface area contributed by atoms with Crippen molar-refractivity contribution >= 4 is 39.5 Å². The van der Waals surface area contributed by atoms with Gasteiger partial charge in [0.1, 0.15) is 19.3 Å². The number of aliphatic hydroxyl groups is 1. The molecular weight excluding hydrogens is 1220 g/mol. The number of ether oxygens (including phenoxy) is 4. The fourth-order valence-corrected chi connectivity index (χ4v) is 12.9. The molecule has 0 saturated carbocycles. The van der Waals surface area contributed by atoms with Crippen LogP contribution in [0, 0.1) is 11.8 Å². The summed E-state index contributed by atoms with van der Waals surface area (Å²) >= 11 is 0. The van der Waals surface area contributed by atoms with Gasteiger partial charge in [-0.3, -0.25) is 37.3 Å². The molecule has 3 N–H and O–H groups in total. The summed E-state index contributed by atoms with van der Waals surface area (Å²) in [5.74, 6) is -0.533. The SMILES string of the molecule is CCCCCCCCCCCCCCC(=O)O[C@H](COC(=O)CCCCCCCCCC)COP(=O)(O)OC[C@H](O)COP(=O)(O)OC[C@@H](COC(=O)CCCCCCCCCCCCCCCC(C)C)OC(=O)CCCCCCCCCCCCCCCCC(C)C. The molecule has 0 bridgehead atoms. The molecule has 2 unspecified atom stereocenters. The Hall–Kier alpha value is -1.94. The summed E-state index contributed by atoms with van der Waals surface area (Å²) in [6.45, 7) is 9.60. The van der Waals surface area contributed by atoms with E-state index in [1.165, 1.54) is 193 Å². The van der Waals surface area contributed by atoms with E-state index in [-0.39, 0.29) is 25.7 Å². The van der Waals surface area contributed by atoms with Gasteiger partial charge in [0.05, 0.1) is 26.4 Å². The van der Waals surface area contributed by atoms with Crippen molar-refractivity contribution in [3.05, 3.63) is 0 Å². The molecular formula is C74H144O17P2. The molecule has 5 atom stereocenters. The van der Waals surface area contributed by atoms with Gasteiger partial charge in [-0.25, -0.2) is 9.13 Å². The smallest absolute Gasteiger partial charge is 0.462 e. The number of hydrogen-bond donors (Lipinski definition) is 3. The number of phosphoric acid groups is 2. The first-order valence-corrected chi connectivity index (χ1v) is 41.5. The van der Waals surface area contributed by atoms with Crippen molar-refractivity contribution in [2.75, 3.05) is 39.6 Å². The molecule has 17 nitrogen and oxygen atoms in total. The third kappa shape index (κ3) is 68.4. The fourth-order valence-electron chi connectivity index (χ4n) is 11.3. The summed E-state index contributed by atoms with van der Waals surface area (Å²) in [5, 5.41) is 10.6. The van der Waals surface area contributed by atoms with Gasteiger partial charge in [-0.2, -0.15) is 0 Å². The Bertz CT molecular complexity index is 1800. The minimum Gasteiger partial charge on any atom is -0.462 e. The average molecular weight is 1370 g/mol. The lowest BCUT2D eigenvalue weighted by Gasteiger charge is -2.21. The van der Waals surface area contributed by atoms with Crippen LogP contribution in [0.3, 0.4) is 0 Å². The van der Waals surface area contributed by atoms with E-state index in [2.05, 4.69) is 41.5 Å². The normalized spacial score (nSPS) is 14.1. The third-order valence-electron chi connectivity index (χ3n) is 17.2. The Labute approximate surface area is 568 Å². The Kier molecular flexibility index (Phi) is 64.6. The molecule has 0 radical (unpaired) electrons. The molecule has 19 heteroatoms. The summed E-state index contributed by atoms with van der Waals surface area (Å²) in [4.78, 5) is 72.6. The molecule has 0 heterocycles. The minimum atomic E-state index is -4.96. The van der Waals surface area contributed by atoms with Crippen molar-refractivity contribution in [2.45, 2.75) is 400 Å². The molecule has 93 heavy (non-hydrogen) atoms. The molecule has 0 spiro atoms. The molecule has 0 aliphatic heterocycles. The number of carbonyl (C=O) groups is 4. The lowest BCUT2D eigenvalue weighted by molar-refractivity contribution is -0.161. The van der Waals surface area contributed by atoms with Gasteiger partial charge >= 0.3 is 39.5 Å². The van der Waals surface area contributed by atoms with Crippen LogP contribution < -0.4 is 0 Å². The highest BCUT2D eigenvalue weighted by Crippen LogP contribution is 2.45. The monoisotopic (exact) mass is 1370 g/mol. The van der Waals surface area contributed by atoms with Gasteiger partial charge in [-0.15, -0.1) is 0 Å². The molecule has 0 aromatic heterocycles. The number of esters is 4. The van der Waals surface area contributed by atoms with Crippen molar-refractivity contribution in [1.29, 1.82) is 0 Å².